The molecule has 2 heterocycles. The Morgan fingerprint density at radius 3 is 2.79 bits per heavy atom. The maximum atomic E-state index is 12.2. The van der Waals surface area contributed by atoms with Crippen LogP contribution in [0.15, 0.2) is 12.5 Å². The van der Waals surface area contributed by atoms with Crippen molar-refractivity contribution in [2.45, 2.75) is 39.3 Å². The number of hydrogen-bond donors (Lipinski definition) is 2. The highest BCUT2D eigenvalue weighted by atomic mass is 16.3. The molecule has 0 saturated carbocycles. The van der Waals surface area contributed by atoms with Crippen LogP contribution >= 0.6 is 0 Å². The molecule has 0 aliphatic heterocycles. The molecule has 19 heavy (non-hydrogen) atoms. The largest absolute Gasteiger partial charge is 0.391 e. The second-order valence-electron chi connectivity index (χ2n) is 5.08. The molecule has 7 nitrogen and oxygen atoms in total. The normalized spacial score (nSPS) is 13.5. The fourth-order valence-corrected chi connectivity index (χ4v) is 1.58. The molecule has 2 N–H and O–H groups in total. The fourth-order valence-electron chi connectivity index (χ4n) is 1.58. The van der Waals surface area contributed by atoms with Crippen molar-refractivity contribution >= 4 is 11.7 Å². The van der Waals surface area contributed by atoms with Crippen LogP contribution in [-0.2, 0) is 0 Å². The second-order valence-corrected chi connectivity index (χ2v) is 5.08. The van der Waals surface area contributed by atoms with E-state index in [1.807, 2.05) is 0 Å². The van der Waals surface area contributed by atoms with Gasteiger partial charge in [-0.05, 0) is 27.7 Å². The number of aryl methyl sites for hydroxylation is 1. The predicted octanol–water partition coefficient (Wildman–Crippen LogP) is 0.322. The molecule has 1 atom stereocenters. The van der Waals surface area contributed by atoms with Crippen molar-refractivity contribution < 1.29 is 9.90 Å². The molecule has 0 saturated heterocycles. The molecular formula is C12H17N5O2. The van der Waals surface area contributed by atoms with E-state index in [4.69, 9.17) is 0 Å². The van der Waals surface area contributed by atoms with Gasteiger partial charge in [0.15, 0.2) is 0 Å². The third-order valence-corrected chi connectivity index (χ3v) is 3.27. The van der Waals surface area contributed by atoms with Crippen molar-refractivity contribution in [1.82, 2.24) is 24.9 Å². The Morgan fingerprint density at radius 1 is 1.47 bits per heavy atom. The van der Waals surface area contributed by atoms with E-state index in [9.17, 15) is 9.90 Å². The second kappa shape index (κ2) is 4.58. The monoisotopic (exact) mass is 263 g/mol. The molecule has 0 radical (unpaired) electrons. The molecule has 2 aromatic heterocycles. The zero-order chi connectivity index (χ0) is 14.2. The zero-order valence-corrected chi connectivity index (χ0v) is 11.4. The first-order valence-corrected chi connectivity index (χ1v) is 5.99. The molecule has 102 valence electrons. The van der Waals surface area contributed by atoms with Gasteiger partial charge in [-0.2, -0.15) is 10.1 Å². The molecule has 1 unspecified atom stereocenters. The molecule has 2 rings (SSSR count). The Hall–Kier alpha value is -2.02. The molecule has 0 spiro atoms. The number of aromatic nitrogens is 4. The fraction of sp³-hybridized carbons (Fsp3) is 0.500. The molecule has 0 bridgehead atoms. The summed E-state index contributed by atoms with van der Waals surface area (Å²) in [6, 6.07) is 0. The quantitative estimate of drug-likeness (QED) is 0.832. The van der Waals surface area contributed by atoms with Gasteiger partial charge in [0.2, 0.25) is 0 Å². The third kappa shape index (κ3) is 2.41. The number of fused-ring (bicyclic) bond motifs is 1. The summed E-state index contributed by atoms with van der Waals surface area (Å²) >= 11 is 0. The molecule has 1 amide bonds. The maximum Gasteiger partial charge on any atom is 0.255 e. The zero-order valence-electron chi connectivity index (χ0n) is 11.4. The van der Waals surface area contributed by atoms with E-state index in [0.29, 0.717) is 17.0 Å². The number of amides is 1. The van der Waals surface area contributed by atoms with Crippen LogP contribution in [0.5, 0.6) is 0 Å². The summed E-state index contributed by atoms with van der Waals surface area (Å²) < 4.78 is 1.50. The summed E-state index contributed by atoms with van der Waals surface area (Å²) in [4.78, 5) is 20.2. The Balaban J connectivity index is 2.34. The molecule has 2 aromatic rings. The molecule has 0 aromatic carbocycles. The minimum absolute atomic E-state index is 0.298. The van der Waals surface area contributed by atoms with Gasteiger partial charge >= 0.3 is 0 Å². The topological polar surface area (TPSA) is 92.4 Å². The molecule has 0 fully saturated rings. The highest BCUT2D eigenvalue weighted by Gasteiger charge is 2.27. The van der Waals surface area contributed by atoms with Crippen molar-refractivity contribution in [3.8, 4) is 0 Å². The smallest absolute Gasteiger partial charge is 0.255 e. The van der Waals surface area contributed by atoms with E-state index in [1.54, 1.807) is 27.7 Å². The van der Waals surface area contributed by atoms with Gasteiger partial charge in [-0.3, -0.25) is 4.79 Å². The third-order valence-electron chi connectivity index (χ3n) is 3.27. The van der Waals surface area contributed by atoms with Crippen LogP contribution < -0.4 is 5.32 Å². The van der Waals surface area contributed by atoms with Crippen LogP contribution in [0.2, 0.25) is 0 Å². The minimum atomic E-state index is -0.721. The Kier molecular flexibility index (Phi) is 3.23. The van der Waals surface area contributed by atoms with Gasteiger partial charge in [0.25, 0.3) is 11.7 Å². The van der Waals surface area contributed by atoms with Crippen molar-refractivity contribution in [1.29, 1.82) is 0 Å². The first-order chi connectivity index (χ1) is 8.83. The van der Waals surface area contributed by atoms with Gasteiger partial charge in [-0.15, -0.1) is 0 Å². The SMILES string of the molecule is Cc1c(C(=O)NC(C)(C)C(C)O)cnc2ncnn12. The van der Waals surface area contributed by atoms with Crippen molar-refractivity contribution in [3.63, 3.8) is 0 Å². The lowest BCUT2D eigenvalue weighted by molar-refractivity contribution is 0.0708. The number of aliphatic hydroxyl groups is 1. The summed E-state index contributed by atoms with van der Waals surface area (Å²) in [6.07, 6.45) is 2.18. The van der Waals surface area contributed by atoms with E-state index in [-0.39, 0.29) is 5.91 Å². The van der Waals surface area contributed by atoms with Crippen LogP contribution in [0, 0.1) is 6.92 Å². The average Bonchev–Trinajstić information content (AvgIpc) is 2.77. The predicted molar refractivity (Wildman–Crippen MR) is 68.7 cm³/mol. The first kappa shape index (κ1) is 13.4. The Bertz CT molecular complexity index is 618. The van der Waals surface area contributed by atoms with E-state index < -0.39 is 11.6 Å². The number of carbonyl (C=O) groups is 1. The van der Waals surface area contributed by atoms with E-state index in [2.05, 4.69) is 20.4 Å². The highest BCUT2D eigenvalue weighted by molar-refractivity contribution is 5.95. The molecular weight excluding hydrogens is 246 g/mol. The van der Waals surface area contributed by atoms with Crippen LogP contribution in [0.3, 0.4) is 0 Å². The van der Waals surface area contributed by atoms with Gasteiger partial charge in [-0.25, -0.2) is 9.50 Å². The average molecular weight is 263 g/mol. The minimum Gasteiger partial charge on any atom is -0.391 e. The summed E-state index contributed by atoms with van der Waals surface area (Å²) in [7, 11) is 0. The maximum absolute atomic E-state index is 12.2. The summed E-state index contributed by atoms with van der Waals surface area (Å²) in [5.74, 6) is 0.150. The van der Waals surface area contributed by atoms with Crippen molar-refractivity contribution in [3.05, 3.63) is 23.8 Å². The standard InChI is InChI=1S/C12H17N5O2/c1-7-9(5-13-11-14-6-15-17(7)11)10(19)16-12(3,4)8(2)18/h5-6,8,18H,1-4H3,(H,16,19). The number of nitrogens with zero attached hydrogens (tertiary/aromatic N) is 4. The summed E-state index contributed by atoms with van der Waals surface area (Å²) in [6.45, 7) is 6.91. The van der Waals surface area contributed by atoms with E-state index >= 15 is 0 Å². The number of nitrogens with one attached hydrogen (secondary N) is 1. The summed E-state index contributed by atoms with van der Waals surface area (Å²) in [5, 5.41) is 16.4. The van der Waals surface area contributed by atoms with Crippen LogP contribution in [-0.4, -0.2) is 42.2 Å². The van der Waals surface area contributed by atoms with Gasteiger partial charge in [-0.1, -0.05) is 0 Å². The number of hydrogen-bond acceptors (Lipinski definition) is 5. The highest BCUT2D eigenvalue weighted by Crippen LogP contribution is 2.12. The van der Waals surface area contributed by atoms with Gasteiger partial charge in [0.1, 0.15) is 6.33 Å². The van der Waals surface area contributed by atoms with Crippen LogP contribution in [0.25, 0.3) is 5.78 Å². The number of aliphatic hydroxyl groups excluding tert-OH is 1. The molecule has 0 aliphatic carbocycles. The lowest BCUT2D eigenvalue weighted by atomic mass is 9.98. The van der Waals surface area contributed by atoms with Crippen molar-refractivity contribution in [2.24, 2.45) is 0 Å². The summed E-state index contributed by atoms with van der Waals surface area (Å²) in [5.41, 5.74) is 0.342. The van der Waals surface area contributed by atoms with E-state index in [1.165, 1.54) is 17.0 Å². The van der Waals surface area contributed by atoms with Gasteiger partial charge in [0, 0.05) is 6.20 Å². The van der Waals surface area contributed by atoms with Crippen LogP contribution in [0.4, 0.5) is 0 Å². The van der Waals surface area contributed by atoms with Gasteiger partial charge in [0.05, 0.1) is 22.9 Å². The Labute approximate surface area is 110 Å². The van der Waals surface area contributed by atoms with Crippen LogP contribution in [0.1, 0.15) is 36.8 Å². The van der Waals surface area contributed by atoms with Crippen molar-refractivity contribution in [2.75, 3.05) is 0 Å². The lowest BCUT2D eigenvalue weighted by Crippen LogP contribution is -2.51. The molecule has 0 aliphatic rings. The number of rotatable bonds is 3. The number of carbonyl (C=O) groups excluding carboxylic acids is 1. The van der Waals surface area contributed by atoms with E-state index in [0.717, 1.165) is 0 Å². The van der Waals surface area contributed by atoms with Gasteiger partial charge < -0.3 is 10.4 Å². The first-order valence-electron chi connectivity index (χ1n) is 5.99. The molecule has 7 heteroatoms. The Morgan fingerprint density at radius 2 is 2.16 bits per heavy atom. The lowest BCUT2D eigenvalue weighted by Gasteiger charge is -2.29.